The lowest BCUT2D eigenvalue weighted by molar-refractivity contribution is -0.139. The number of aliphatic carboxylic acids is 1. The Kier molecular flexibility index (Phi) is 3.82. The van der Waals surface area contributed by atoms with Gasteiger partial charge in [0.25, 0.3) is 5.91 Å². The van der Waals surface area contributed by atoms with Crippen molar-refractivity contribution in [2.24, 2.45) is 11.3 Å². The maximum atomic E-state index is 12.9. The Labute approximate surface area is 151 Å². The van der Waals surface area contributed by atoms with Crippen molar-refractivity contribution in [1.82, 2.24) is 19.9 Å². The molecule has 0 radical (unpaired) electrons. The summed E-state index contributed by atoms with van der Waals surface area (Å²) < 4.78 is 1.68. The zero-order chi connectivity index (χ0) is 18.5. The second kappa shape index (κ2) is 5.93. The Morgan fingerprint density at radius 3 is 2.38 bits per heavy atom. The number of rotatable bonds is 3. The molecule has 2 aromatic rings. The minimum Gasteiger partial charge on any atom is -0.481 e. The van der Waals surface area contributed by atoms with Crippen molar-refractivity contribution in [1.29, 1.82) is 0 Å². The maximum absolute atomic E-state index is 12.9. The predicted molar refractivity (Wildman–Crippen MR) is 94.1 cm³/mol. The van der Waals surface area contributed by atoms with Crippen LogP contribution in [-0.2, 0) is 4.79 Å². The number of nitrogens with zero attached hydrogens (tertiary/aromatic N) is 4. The van der Waals surface area contributed by atoms with Gasteiger partial charge in [-0.2, -0.15) is 0 Å². The fourth-order valence-electron chi connectivity index (χ4n) is 4.01. The minimum atomic E-state index is -0.707. The zero-order valence-electron chi connectivity index (χ0n) is 15.0. The second-order valence-corrected chi connectivity index (χ2v) is 7.52. The molecule has 7 heteroatoms. The van der Waals surface area contributed by atoms with E-state index in [1.807, 2.05) is 38.1 Å². The van der Waals surface area contributed by atoms with Crippen LogP contribution >= 0.6 is 0 Å². The number of aryl methyl sites for hydroxylation is 1. The van der Waals surface area contributed by atoms with E-state index < -0.39 is 5.97 Å². The molecule has 1 saturated carbocycles. The highest BCUT2D eigenvalue weighted by atomic mass is 16.4. The predicted octanol–water partition coefficient (Wildman–Crippen LogP) is 2.21. The van der Waals surface area contributed by atoms with Gasteiger partial charge in [0.05, 0.1) is 17.3 Å². The van der Waals surface area contributed by atoms with Crippen LogP contribution in [0.3, 0.4) is 0 Å². The van der Waals surface area contributed by atoms with Gasteiger partial charge < -0.3 is 10.0 Å². The van der Waals surface area contributed by atoms with Crippen molar-refractivity contribution < 1.29 is 14.7 Å². The average molecular weight is 354 g/mol. The lowest BCUT2D eigenvalue weighted by Gasteiger charge is -2.32. The lowest BCUT2D eigenvalue weighted by atomic mass is 9.90. The largest absolute Gasteiger partial charge is 0.481 e. The zero-order valence-corrected chi connectivity index (χ0v) is 15.0. The third-order valence-electron chi connectivity index (χ3n) is 5.91. The van der Waals surface area contributed by atoms with Gasteiger partial charge in [-0.05, 0) is 50.7 Å². The maximum Gasteiger partial charge on any atom is 0.307 e. The van der Waals surface area contributed by atoms with E-state index in [-0.39, 0.29) is 17.2 Å². The molecule has 4 rings (SSSR count). The van der Waals surface area contributed by atoms with Gasteiger partial charge in [0.1, 0.15) is 0 Å². The number of amides is 1. The molecule has 1 amide bonds. The molecule has 1 N–H and O–H groups in total. The molecule has 2 fully saturated rings. The number of aromatic nitrogens is 3. The molecule has 1 atom stereocenters. The molecule has 1 unspecified atom stereocenters. The molecule has 26 heavy (non-hydrogen) atoms. The first kappa shape index (κ1) is 16.8. The highest BCUT2D eigenvalue weighted by Gasteiger charge is 2.59. The molecule has 1 saturated heterocycles. The third-order valence-corrected chi connectivity index (χ3v) is 5.91. The highest BCUT2D eigenvalue weighted by molar-refractivity contribution is 5.93. The molecular weight excluding hydrogens is 332 g/mol. The Balaban J connectivity index is 1.48. The topological polar surface area (TPSA) is 88.3 Å². The van der Waals surface area contributed by atoms with E-state index in [9.17, 15) is 14.7 Å². The second-order valence-electron chi connectivity index (χ2n) is 7.52. The fraction of sp³-hybridized carbons (Fsp3) is 0.474. The van der Waals surface area contributed by atoms with Crippen molar-refractivity contribution in [3.8, 4) is 5.69 Å². The van der Waals surface area contributed by atoms with Crippen molar-refractivity contribution in [2.45, 2.75) is 33.1 Å². The SMILES string of the molecule is Cc1ccc(-n2nnc(C(=O)N3CCC4(CC3)CC4C(=O)O)c2C)cc1. The van der Waals surface area contributed by atoms with E-state index in [2.05, 4.69) is 10.3 Å². The molecule has 2 aliphatic rings. The van der Waals surface area contributed by atoms with E-state index in [4.69, 9.17) is 0 Å². The summed E-state index contributed by atoms with van der Waals surface area (Å²) >= 11 is 0. The average Bonchev–Trinajstić information content (AvgIpc) is 3.20. The molecule has 1 spiro atoms. The van der Waals surface area contributed by atoms with Gasteiger partial charge in [0, 0.05) is 13.1 Å². The summed E-state index contributed by atoms with van der Waals surface area (Å²) in [6.07, 6.45) is 2.24. The van der Waals surface area contributed by atoms with E-state index in [1.165, 1.54) is 0 Å². The quantitative estimate of drug-likeness (QED) is 0.913. The molecule has 2 heterocycles. The van der Waals surface area contributed by atoms with Crippen LogP contribution in [0.4, 0.5) is 0 Å². The number of piperidine rings is 1. The molecule has 136 valence electrons. The fourth-order valence-corrected chi connectivity index (χ4v) is 4.01. The van der Waals surface area contributed by atoms with E-state index in [0.717, 1.165) is 30.5 Å². The number of carbonyl (C=O) groups excluding carboxylic acids is 1. The number of benzene rings is 1. The molecule has 1 aliphatic carbocycles. The smallest absolute Gasteiger partial charge is 0.307 e. The van der Waals surface area contributed by atoms with Gasteiger partial charge in [-0.15, -0.1) is 5.10 Å². The number of hydrogen-bond donors (Lipinski definition) is 1. The number of carboxylic acids is 1. The summed E-state index contributed by atoms with van der Waals surface area (Å²) in [6, 6.07) is 7.90. The molecule has 1 aromatic carbocycles. The first-order chi connectivity index (χ1) is 12.4. The lowest BCUT2D eigenvalue weighted by Crippen LogP contribution is -2.40. The van der Waals surface area contributed by atoms with Crippen molar-refractivity contribution in [3.05, 3.63) is 41.2 Å². The van der Waals surface area contributed by atoms with Gasteiger partial charge >= 0.3 is 5.97 Å². The summed E-state index contributed by atoms with van der Waals surface area (Å²) in [5, 5.41) is 17.4. The Morgan fingerprint density at radius 1 is 1.15 bits per heavy atom. The molecular formula is C19H22N4O3. The minimum absolute atomic E-state index is 0.0861. The summed E-state index contributed by atoms with van der Waals surface area (Å²) in [4.78, 5) is 25.8. The van der Waals surface area contributed by atoms with Crippen LogP contribution < -0.4 is 0 Å². The molecule has 1 aliphatic heterocycles. The summed E-state index contributed by atoms with van der Waals surface area (Å²) in [6.45, 7) is 5.03. The monoisotopic (exact) mass is 354 g/mol. The first-order valence-electron chi connectivity index (χ1n) is 8.93. The van der Waals surface area contributed by atoms with Crippen molar-refractivity contribution in [2.75, 3.05) is 13.1 Å². The van der Waals surface area contributed by atoms with Crippen LogP contribution in [0.1, 0.15) is 41.0 Å². The van der Waals surface area contributed by atoms with Gasteiger partial charge in [0.2, 0.25) is 0 Å². The molecule has 7 nitrogen and oxygen atoms in total. The van der Waals surface area contributed by atoms with Crippen molar-refractivity contribution in [3.63, 3.8) is 0 Å². The summed E-state index contributed by atoms with van der Waals surface area (Å²) in [5.41, 5.74) is 3.03. The van der Waals surface area contributed by atoms with Gasteiger partial charge in [0.15, 0.2) is 5.69 Å². The van der Waals surface area contributed by atoms with Gasteiger partial charge in [-0.1, -0.05) is 22.9 Å². The van der Waals surface area contributed by atoms with Crippen LogP contribution in [0.5, 0.6) is 0 Å². The van der Waals surface area contributed by atoms with Crippen LogP contribution in [0.25, 0.3) is 5.69 Å². The van der Waals surface area contributed by atoms with Crippen molar-refractivity contribution >= 4 is 11.9 Å². The van der Waals surface area contributed by atoms with Crippen LogP contribution in [0.15, 0.2) is 24.3 Å². The van der Waals surface area contributed by atoms with E-state index in [0.29, 0.717) is 24.5 Å². The standard InChI is InChI=1S/C19H22N4O3/c1-12-3-5-14(6-4-12)23-13(2)16(20-21-23)17(24)22-9-7-19(8-10-22)11-15(19)18(25)26/h3-6,15H,7-11H2,1-2H3,(H,25,26). The van der Waals surface area contributed by atoms with Crippen LogP contribution in [-0.4, -0.2) is 50.0 Å². The number of likely N-dealkylation sites (tertiary alicyclic amines) is 1. The third kappa shape index (κ3) is 2.67. The van der Waals surface area contributed by atoms with Crippen LogP contribution in [0.2, 0.25) is 0 Å². The number of hydrogen-bond acceptors (Lipinski definition) is 4. The molecule has 1 aromatic heterocycles. The highest BCUT2D eigenvalue weighted by Crippen LogP contribution is 2.59. The Bertz CT molecular complexity index is 863. The Hall–Kier alpha value is -2.70. The Morgan fingerprint density at radius 2 is 1.81 bits per heavy atom. The van der Waals surface area contributed by atoms with Gasteiger partial charge in [-0.3, -0.25) is 9.59 Å². The number of carboxylic acid groups (broad SMARTS) is 1. The van der Waals surface area contributed by atoms with E-state index >= 15 is 0 Å². The summed E-state index contributed by atoms with van der Waals surface area (Å²) in [7, 11) is 0. The first-order valence-corrected chi connectivity index (χ1v) is 8.93. The normalized spacial score (nSPS) is 21.0. The van der Waals surface area contributed by atoms with Crippen LogP contribution in [0, 0.1) is 25.2 Å². The van der Waals surface area contributed by atoms with Gasteiger partial charge in [-0.25, -0.2) is 4.68 Å². The van der Waals surface area contributed by atoms with E-state index in [1.54, 1.807) is 9.58 Å². The molecule has 0 bridgehead atoms. The number of carbonyl (C=O) groups is 2. The summed E-state index contributed by atoms with van der Waals surface area (Å²) in [5.74, 6) is -1.06.